The predicted molar refractivity (Wildman–Crippen MR) is 116 cm³/mol. The Morgan fingerprint density at radius 1 is 1.23 bits per heavy atom. The summed E-state index contributed by atoms with van der Waals surface area (Å²) < 4.78 is 40.1. The number of nitrogens with one attached hydrogen (secondary N) is 3. The SMILES string of the molecule is Cn1cc(C(C#N)NC(=O)[C@@H]2[C@@H]3[C@H](CN2C(=O)[C@@H](NC(=O)C(F)(F)F)C(C)(C)C)C3(C)C)c(=O)[nH]1. The summed E-state index contributed by atoms with van der Waals surface area (Å²) in [5, 5.41) is 16.3. The fraction of sp³-hybridized carbons (Fsp3) is 0.682. The van der Waals surface area contributed by atoms with Gasteiger partial charge in [0.25, 0.3) is 5.56 Å². The van der Waals surface area contributed by atoms with Crippen molar-refractivity contribution in [2.75, 3.05) is 6.54 Å². The normalized spacial score (nSPS) is 24.7. The van der Waals surface area contributed by atoms with E-state index in [1.807, 2.05) is 19.9 Å². The van der Waals surface area contributed by atoms with Crippen LogP contribution in [0.5, 0.6) is 0 Å². The van der Waals surface area contributed by atoms with Crippen LogP contribution in [0, 0.1) is 34.0 Å². The lowest BCUT2D eigenvalue weighted by molar-refractivity contribution is -0.176. The lowest BCUT2D eigenvalue weighted by atomic mass is 9.85. The minimum Gasteiger partial charge on any atom is -0.336 e. The highest BCUT2D eigenvalue weighted by Crippen LogP contribution is 2.65. The molecule has 1 aromatic rings. The molecule has 13 heteroatoms. The van der Waals surface area contributed by atoms with Crippen molar-refractivity contribution in [2.24, 2.45) is 29.7 Å². The van der Waals surface area contributed by atoms with E-state index in [2.05, 4.69) is 10.4 Å². The van der Waals surface area contributed by atoms with Crippen molar-refractivity contribution in [3.8, 4) is 6.07 Å². The number of aryl methyl sites for hydroxylation is 1. The molecule has 1 aliphatic carbocycles. The number of fused-ring (bicyclic) bond motifs is 1. The maximum absolute atomic E-state index is 13.5. The van der Waals surface area contributed by atoms with E-state index in [9.17, 15) is 37.6 Å². The lowest BCUT2D eigenvalue weighted by Gasteiger charge is -2.37. The van der Waals surface area contributed by atoms with Gasteiger partial charge in [-0.3, -0.25) is 29.0 Å². The molecule has 3 amide bonds. The van der Waals surface area contributed by atoms with E-state index in [4.69, 9.17) is 0 Å². The second-order valence-corrected chi connectivity index (χ2v) is 10.9. The number of aromatic nitrogens is 2. The molecule has 0 aromatic carbocycles. The molecule has 3 N–H and O–H groups in total. The van der Waals surface area contributed by atoms with Gasteiger partial charge in [-0.1, -0.05) is 34.6 Å². The molecule has 2 aliphatic rings. The Kier molecular flexibility index (Phi) is 6.33. The number of nitriles is 1. The number of carbonyl (C=O) groups excluding carboxylic acids is 3. The number of hydrogen-bond acceptors (Lipinski definition) is 5. The van der Waals surface area contributed by atoms with Gasteiger partial charge in [-0.05, 0) is 22.7 Å². The highest BCUT2D eigenvalue weighted by atomic mass is 19.4. The van der Waals surface area contributed by atoms with Crippen LogP contribution >= 0.6 is 0 Å². The molecule has 10 nitrogen and oxygen atoms in total. The molecule has 35 heavy (non-hydrogen) atoms. The predicted octanol–water partition coefficient (Wildman–Crippen LogP) is 0.970. The van der Waals surface area contributed by atoms with Gasteiger partial charge in [-0.2, -0.15) is 18.4 Å². The van der Waals surface area contributed by atoms with Crippen molar-refractivity contribution in [1.82, 2.24) is 25.3 Å². The summed E-state index contributed by atoms with van der Waals surface area (Å²) in [5.41, 5.74) is -1.95. The number of nitrogens with zero attached hydrogens (tertiary/aromatic N) is 3. The Hall–Kier alpha value is -3.30. The zero-order valence-corrected chi connectivity index (χ0v) is 20.3. The van der Waals surface area contributed by atoms with Gasteiger partial charge in [0, 0.05) is 19.8 Å². The zero-order chi connectivity index (χ0) is 26.7. The fourth-order valence-corrected chi connectivity index (χ4v) is 4.98. The maximum Gasteiger partial charge on any atom is 0.471 e. The highest BCUT2D eigenvalue weighted by Gasteiger charge is 2.70. The average molecular weight is 499 g/mol. The molecule has 0 bridgehead atoms. The first-order valence-electron chi connectivity index (χ1n) is 11.0. The quantitative estimate of drug-likeness (QED) is 0.555. The third-order valence-electron chi connectivity index (χ3n) is 7.01. The third-order valence-corrected chi connectivity index (χ3v) is 7.01. The van der Waals surface area contributed by atoms with E-state index < -0.39 is 53.0 Å². The van der Waals surface area contributed by atoms with E-state index in [0.29, 0.717) is 0 Å². The molecule has 1 saturated heterocycles. The summed E-state index contributed by atoms with van der Waals surface area (Å²) >= 11 is 0. The topological polar surface area (TPSA) is 140 Å². The van der Waals surface area contributed by atoms with Crippen molar-refractivity contribution in [2.45, 2.75) is 58.9 Å². The molecular formula is C22H29F3N6O4. The van der Waals surface area contributed by atoms with E-state index in [1.165, 1.54) is 43.6 Å². The highest BCUT2D eigenvalue weighted by molar-refractivity contribution is 5.95. The Morgan fingerprint density at radius 3 is 2.29 bits per heavy atom. The first-order valence-corrected chi connectivity index (χ1v) is 11.0. The van der Waals surface area contributed by atoms with Crippen LogP contribution in [-0.2, 0) is 21.4 Å². The molecule has 1 unspecified atom stereocenters. The molecule has 1 aliphatic heterocycles. The van der Waals surface area contributed by atoms with Gasteiger partial charge in [0.15, 0.2) is 0 Å². The van der Waals surface area contributed by atoms with Gasteiger partial charge in [0.2, 0.25) is 11.8 Å². The average Bonchev–Trinajstić information content (AvgIpc) is 3.03. The van der Waals surface area contributed by atoms with E-state index in [0.717, 1.165) is 0 Å². The van der Waals surface area contributed by atoms with E-state index >= 15 is 0 Å². The van der Waals surface area contributed by atoms with Crippen LogP contribution in [0.15, 0.2) is 11.0 Å². The summed E-state index contributed by atoms with van der Waals surface area (Å²) in [6.45, 7) is 8.48. The van der Waals surface area contributed by atoms with Gasteiger partial charge in [0.05, 0.1) is 11.6 Å². The molecule has 192 valence electrons. The number of likely N-dealkylation sites (tertiary alicyclic amines) is 1. The van der Waals surface area contributed by atoms with Crippen LogP contribution in [0.1, 0.15) is 46.2 Å². The van der Waals surface area contributed by atoms with E-state index in [1.54, 1.807) is 5.32 Å². The molecule has 3 rings (SSSR count). The monoisotopic (exact) mass is 498 g/mol. The van der Waals surface area contributed by atoms with Crippen molar-refractivity contribution >= 4 is 17.7 Å². The van der Waals surface area contributed by atoms with Crippen LogP contribution < -0.4 is 16.2 Å². The number of hydrogen-bond donors (Lipinski definition) is 3. The Labute approximate surface area is 199 Å². The van der Waals surface area contributed by atoms with Crippen molar-refractivity contribution in [1.29, 1.82) is 5.26 Å². The lowest BCUT2D eigenvalue weighted by Crippen LogP contribution is -2.60. The van der Waals surface area contributed by atoms with Crippen LogP contribution in [0.3, 0.4) is 0 Å². The summed E-state index contributed by atoms with van der Waals surface area (Å²) in [6, 6.07) is -2.06. The number of alkyl halides is 3. The fourth-order valence-electron chi connectivity index (χ4n) is 4.98. The number of H-pyrrole nitrogens is 1. The van der Waals surface area contributed by atoms with Gasteiger partial charge >= 0.3 is 12.1 Å². The first kappa shape index (κ1) is 26.3. The zero-order valence-electron chi connectivity index (χ0n) is 20.3. The molecular weight excluding hydrogens is 469 g/mol. The van der Waals surface area contributed by atoms with Crippen LogP contribution in [-0.4, -0.2) is 57.2 Å². The van der Waals surface area contributed by atoms with Gasteiger partial charge in [-0.25, -0.2) is 0 Å². The first-order chi connectivity index (χ1) is 15.9. The third kappa shape index (κ3) is 4.78. The second-order valence-electron chi connectivity index (χ2n) is 10.9. The molecule has 2 fully saturated rings. The van der Waals surface area contributed by atoms with Gasteiger partial charge in [-0.15, -0.1) is 0 Å². The Balaban J connectivity index is 1.90. The molecule has 0 spiro atoms. The number of rotatable bonds is 5. The Morgan fingerprint density at radius 2 is 1.83 bits per heavy atom. The largest absolute Gasteiger partial charge is 0.471 e. The second kappa shape index (κ2) is 8.42. The van der Waals surface area contributed by atoms with Crippen LogP contribution in [0.25, 0.3) is 0 Å². The van der Waals surface area contributed by atoms with E-state index in [-0.39, 0.29) is 29.4 Å². The molecule has 1 aromatic heterocycles. The minimum absolute atomic E-state index is 0.0100. The number of halogens is 3. The molecule has 0 radical (unpaired) electrons. The van der Waals surface area contributed by atoms with Gasteiger partial charge in [0.1, 0.15) is 18.1 Å². The van der Waals surface area contributed by atoms with Gasteiger partial charge < -0.3 is 15.5 Å². The number of aromatic amines is 1. The summed E-state index contributed by atoms with van der Waals surface area (Å²) in [4.78, 5) is 51.8. The molecule has 5 atom stereocenters. The van der Waals surface area contributed by atoms with Crippen molar-refractivity contribution in [3.05, 3.63) is 22.1 Å². The van der Waals surface area contributed by atoms with Crippen LogP contribution in [0.4, 0.5) is 13.2 Å². The smallest absolute Gasteiger partial charge is 0.336 e. The summed E-state index contributed by atoms with van der Waals surface area (Å²) in [5.74, 6) is -4.13. The van der Waals surface area contributed by atoms with Crippen molar-refractivity contribution < 1.29 is 27.6 Å². The number of amides is 3. The Bertz CT molecular complexity index is 1140. The van der Waals surface area contributed by atoms with Crippen LogP contribution in [0.2, 0.25) is 0 Å². The number of piperidine rings is 1. The maximum atomic E-state index is 13.5. The molecule has 1 saturated carbocycles. The minimum atomic E-state index is -5.18. The number of carbonyl (C=O) groups is 3. The van der Waals surface area contributed by atoms with Crippen molar-refractivity contribution in [3.63, 3.8) is 0 Å². The summed E-state index contributed by atoms with van der Waals surface area (Å²) in [7, 11) is 1.54. The standard InChI is InChI=1S/C22H29F3N6O4/c1-20(2,3)15(28-19(35)22(23,24)25)18(34)31-9-11-13(21(11,4)5)14(31)17(33)27-12(7-26)10-8-30(6)29-16(10)32/h8,11-15H,9H2,1-6H3,(H,27,33)(H,28,35)(H,29,32)/t11-,12?,13-,14-,15+/m0/s1. The summed E-state index contributed by atoms with van der Waals surface area (Å²) in [6.07, 6.45) is -3.82. The molecule has 2 heterocycles.